The van der Waals surface area contributed by atoms with Crippen LogP contribution in [0.5, 0.6) is 0 Å². The van der Waals surface area contributed by atoms with E-state index in [-0.39, 0.29) is 11.9 Å². The summed E-state index contributed by atoms with van der Waals surface area (Å²) >= 11 is 0. The molecular weight excluding hydrogens is 204 g/mol. The zero-order valence-electron chi connectivity index (χ0n) is 10.6. The van der Waals surface area contributed by atoms with Crippen LogP contribution in [0.1, 0.15) is 13.8 Å². The van der Waals surface area contributed by atoms with Crippen molar-refractivity contribution in [2.75, 3.05) is 39.8 Å². The molecular formula is C11H24N4O. The number of carbonyl (C=O) groups excluding carboxylic acids is 1. The van der Waals surface area contributed by atoms with Crippen molar-refractivity contribution in [1.82, 2.24) is 15.1 Å². The third kappa shape index (κ3) is 3.43. The van der Waals surface area contributed by atoms with E-state index in [1.807, 2.05) is 20.9 Å². The molecule has 1 amide bonds. The number of nitrogens with one attached hydrogen (secondary N) is 1. The monoisotopic (exact) mass is 228 g/mol. The first-order valence-electron chi connectivity index (χ1n) is 5.96. The number of likely N-dealkylation sites (N-methyl/N-ethyl adjacent to an activating group) is 1. The van der Waals surface area contributed by atoms with Gasteiger partial charge >= 0.3 is 0 Å². The topological polar surface area (TPSA) is 61.6 Å². The number of amides is 1. The molecule has 16 heavy (non-hydrogen) atoms. The van der Waals surface area contributed by atoms with Crippen LogP contribution < -0.4 is 11.1 Å². The summed E-state index contributed by atoms with van der Waals surface area (Å²) in [7, 11) is 1.85. The minimum Gasteiger partial charge on any atom is -0.342 e. The molecule has 0 bridgehead atoms. The maximum atomic E-state index is 11.9. The Balaban J connectivity index is 2.48. The number of piperazine rings is 1. The van der Waals surface area contributed by atoms with Crippen LogP contribution in [0.4, 0.5) is 0 Å². The Morgan fingerprint density at radius 3 is 2.88 bits per heavy atom. The molecule has 1 heterocycles. The van der Waals surface area contributed by atoms with Gasteiger partial charge in [0.1, 0.15) is 0 Å². The summed E-state index contributed by atoms with van der Waals surface area (Å²) in [5.74, 6) is 0.176. The highest BCUT2D eigenvalue weighted by molar-refractivity contribution is 5.78. The second-order valence-electron chi connectivity index (χ2n) is 4.66. The summed E-state index contributed by atoms with van der Waals surface area (Å²) in [5.41, 5.74) is 5.70. The standard InChI is InChI=1S/C11H24N4O/c1-9(2)14(3)11(16)8-15-5-4-13-7-10(15)6-12/h9-10,13H,4-8,12H2,1-3H3. The molecule has 5 heteroatoms. The van der Waals surface area contributed by atoms with E-state index in [1.54, 1.807) is 4.90 Å². The maximum absolute atomic E-state index is 11.9. The fourth-order valence-electron chi connectivity index (χ4n) is 1.82. The van der Waals surface area contributed by atoms with Gasteiger partial charge in [0.2, 0.25) is 5.91 Å². The van der Waals surface area contributed by atoms with Gasteiger partial charge in [0.15, 0.2) is 0 Å². The largest absolute Gasteiger partial charge is 0.342 e. The van der Waals surface area contributed by atoms with Crippen LogP contribution in [0.3, 0.4) is 0 Å². The summed E-state index contributed by atoms with van der Waals surface area (Å²) < 4.78 is 0. The second kappa shape index (κ2) is 6.18. The number of carbonyl (C=O) groups is 1. The zero-order valence-corrected chi connectivity index (χ0v) is 10.6. The summed E-state index contributed by atoms with van der Waals surface area (Å²) in [6.07, 6.45) is 0. The van der Waals surface area contributed by atoms with E-state index in [2.05, 4.69) is 10.2 Å². The molecule has 0 radical (unpaired) electrons. The van der Waals surface area contributed by atoms with E-state index in [4.69, 9.17) is 5.73 Å². The molecule has 3 N–H and O–H groups in total. The van der Waals surface area contributed by atoms with Gasteiger partial charge in [-0.2, -0.15) is 0 Å². The number of nitrogens with zero attached hydrogens (tertiary/aromatic N) is 2. The Morgan fingerprint density at radius 1 is 1.62 bits per heavy atom. The van der Waals surface area contributed by atoms with Gasteiger partial charge in [-0.25, -0.2) is 0 Å². The molecule has 1 rings (SSSR count). The molecule has 1 aliphatic heterocycles. The van der Waals surface area contributed by atoms with Gasteiger partial charge in [0, 0.05) is 45.3 Å². The molecule has 0 aromatic heterocycles. The van der Waals surface area contributed by atoms with E-state index in [0.29, 0.717) is 19.1 Å². The third-order valence-electron chi connectivity index (χ3n) is 3.25. The first kappa shape index (κ1) is 13.4. The van der Waals surface area contributed by atoms with Crippen molar-refractivity contribution in [3.8, 4) is 0 Å². The molecule has 5 nitrogen and oxygen atoms in total. The molecule has 0 spiro atoms. The van der Waals surface area contributed by atoms with Gasteiger partial charge in [-0.1, -0.05) is 0 Å². The minimum absolute atomic E-state index is 0.176. The van der Waals surface area contributed by atoms with Crippen molar-refractivity contribution in [1.29, 1.82) is 0 Å². The van der Waals surface area contributed by atoms with E-state index in [9.17, 15) is 4.79 Å². The average molecular weight is 228 g/mol. The first-order chi connectivity index (χ1) is 7.56. The molecule has 1 unspecified atom stereocenters. The van der Waals surface area contributed by atoms with Crippen molar-refractivity contribution in [3.63, 3.8) is 0 Å². The lowest BCUT2D eigenvalue weighted by Crippen LogP contribution is -2.57. The SMILES string of the molecule is CC(C)N(C)C(=O)CN1CCNCC1CN. The lowest BCUT2D eigenvalue weighted by molar-refractivity contribution is -0.133. The molecule has 1 fully saturated rings. The molecule has 0 aliphatic carbocycles. The van der Waals surface area contributed by atoms with Crippen molar-refractivity contribution in [3.05, 3.63) is 0 Å². The Labute approximate surface area is 98.0 Å². The summed E-state index contributed by atoms with van der Waals surface area (Å²) in [6, 6.07) is 0.546. The van der Waals surface area contributed by atoms with Gasteiger partial charge in [0.05, 0.1) is 6.54 Å². The van der Waals surface area contributed by atoms with Crippen molar-refractivity contribution >= 4 is 5.91 Å². The highest BCUT2D eigenvalue weighted by Gasteiger charge is 2.24. The Kier molecular flexibility index (Phi) is 5.18. The molecule has 1 aliphatic rings. The molecule has 0 saturated carbocycles. The van der Waals surface area contributed by atoms with Crippen molar-refractivity contribution in [2.45, 2.75) is 25.9 Å². The van der Waals surface area contributed by atoms with Gasteiger partial charge < -0.3 is 16.0 Å². The van der Waals surface area contributed by atoms with Gasteiger partial charge in [-0.15, -0.1) is 0 Å². The summed E-state index contributed by atoms with van der Waals surface area (Å²) in [5, 5.41) is 3.29. The quantitative estimate of drug-likeness (QED) is 0.654. The summed E-state index contributed by atoms with van der Waals surface area (Å²) in [4.78, 5) is 15.9. The van der Waals surface area contributed by atoms with Crippen molar-refractivity contribution < 1.29 is 4.79 Å². The smallest absolute Gasteiger partial charge is 0.236 e. The molecule has 0 aromatic rings. The Bertz CT molecular complexity index is 232. The molecule has 94 valence electrons. The van der Waals surface area contributed by atoms with Gasteiger partial charge in [-0.05, 0) is 13.8 Å². The van der Waals surface area contributed by atoms with Crippen LogP contribution in [-0.2, 0) is 4.79 Å². The van der Waals surface area contributed by atoms with Crippen LogP contribution in [0.25, 0.3) is 0 Å². The predicted molar refractivity (Wildman–Crippen MR) is 65.2 cm³/mol. The van der Waals surface area contributed by atoms with Gasteiger partial charge in [-0.3, -0.25) is 9.69 Å². The predicted octanol–water partition coefficient (Wildman–Crippen LogP) is -0.914. The molecule has 1 saturated heterocycles. The zero-order chi connectivity index (χ0) is 12.1. The number of hydrogen-bond donors (Lipinski definition) is 2. The molecule has 1 atom stereocenters. The van der Waals surface area contributed by atoms with E-state index < -0.39 is 0 Å². The van der Waals surface area contributed by atoms with Crippen LogP contribution >= 0.6 is 0 Å². The second-order valence-corrected chi connectivity index (χ2v) is 4.66. The third-order valence-corrected chi connectivity index (χ3v) is 3.25. The number of hydrogen-bond acceptors (Lipinski definition) is 4. The highest BCUT2D eigenvalue weighted by Crippen LogP contribution is 2.04. The fourth-order valence-corrected chi connectivity index (χ4v) is 1.82. The Hall–Kier alpha value is -0.650. The number of rotatable bonds is 4. The highest BCUT2D eigenvalue weighted by atomic mass is 16.2. The van der Waals surface area contributed by atoms with E-state index >= 15 is 0 Å². The lowest BCUT2D eigenvalue weighted by Gasteiger charge is -2.36. The molecule has 0 aromatic carbocycles. The lowest BCUT2D eigenvalue weighted by atomic mass is 10.2. The van der Waals surface area contributed by atoms with Crippen LogP contribution in [0.2, 0.25) is 0 Å². The normalized spacial score (nSPS) is 22.4. The average Bonchev–Trinajstić information content (AvgIpc) is 2.28. The maximum Gasteiger partial charge on any atom is 0.236 e. The summed E-state index contributed by atoms with van der Waals surface area (Å²) in [6.45, 7) is 7.86. The van der Waals surface area contributed by atoms with Crippen LogP contribution in [0, 0.1) is 0 Å². The van der Waals surface area contributed by atoms with E-state index in [1.165, 1.54) is 0 Å². The Morgan fingerprint density at radius 2 is 2.31 bits per heavy atom. The van der Waals surface area contributed by atoms with Crippen molar-refractivity contribution in [2.24, 2.45) is 5.73 Å². The van der Waals surface area contributed by atoms with Gasteiger partial charge in [0.25, 0.3) is 0 Å². The van der Waals surface area contributed by atoms with Crippen LogP contribution in [-0.4, -0.2) is 67.6 Å². The fraction of sp³-hybridized carbons (Fsp3) is 0.909. The van der Waals surface area contributed by atoms with Crippen LogP contribution in [0.15, 0.2) is 0 Å². The first-order valence-corrected chi connectivity index (χ1v) is 5.96. The minimum atomic E-state index is 0.176. The van der Waals surface area contributed by atoms with E-state index in [0.717, 1.165) is 19.6 Å². The number of nitrogens with two attached hydrogens (primary N) is 1.